The van der Waals surface area contributed by atoms with E-state index in [-0.39, 0.29) is 5.41 Å². The van der Waals surface area contributed by atoms with Gasteiger partial charge in [0, 0.05) is 11.6 Å². The van der Waals surface area contributed by atoms with E-state index in [4.69, 9.17) is 5.73 Å². The maximum absolute atomic E-state index is 6.06. The Balaban J connectivity index is 2.12. The van der Waals surface area contributed by atoms with Crippen LogP contribution in [0.1, 0.15) is 47.0 Å². The molecule has 78 valence electrons. The van der Waals surface area contributed by atoms with E-state index in [1.54, 1.807) is 0 Å². The molecule has 2 nitrogen and oxygen atoms in total. The maximum Gasteiger partial charge on any atom is 0.0154 e. The van der Waals surface area contributed by atoms with E-state index in [9.17, 15) is 0 Å². The molecule has 1 fully saturated rings. The molecule has 1 atom stereocenters. The van der Waals surface area contributed by atoms with Gasteiger partial charge < -0.3 is 11.1 Å². The van der Waals surface area contributed by atoms with E-state index in [1.807, 2.05) is 0 Å². The number of rotatable bonds is 4. The van der Waals surface area contributed by atoms with Crippen molar-refractivity contribution in [3.05, 3.63) is 0 Å². The van der Waals surface area contributed by atoms with Crippen LogP contribution in [-0.2, 0) is 0 Å². The second kappa shape index (κ2) is 3.58. The predicted molar refractivity (Wildman–Crippen MR) is 57.7 cm³/mol. The number of nitrogens with one attached hydrogen (secondary N) is 1. The Bertz CT molecular complexity index is 165. The van der Waals surface area contributed by atoms with Crippen molar-refractivity contribution in [1.82, 2.24) is 5.32 Å². The molecule has 1 unspecified atom stereocenters. The van der Waals surface area contributed by atoms with Crippen molar-refractivity contribution in [3.63, 3.8) is 0 Å². The minimum absolute atomic E-state index is 0.242. The summed E-state index contributed by atoms with van der Waals surface area (Å²) in [6.07, 6.45) is 3.74. The van der Waals surface area contributed by atoms with Crippen LogP contribution in [0.4, 0.5) is 0 Å². The zero-order valence-electron chi connectivity index (χ0n) is 9.48. The van der Waals surface area contributed by atoms with Crippen LogP contribution in [0.25, 0.3) is 0 Å². The molecule has 0 aromatic carbocycles. The molecule has 0 bridgehead atoms. The van der Waals surface area contributed by atoms with E-state index < -0.39 is 0 Å². The van der Waals surface area contributed by atoms with Crippen molar-refractivity contribution >= 4 is 0 Å². The highest BCUT2D eigenvalue weighted by Gasteiger charge is 2.36. The molecule has 0 aromatic heterocycles. The van der Waals surface area contributed by atoms with Crippen LogP contribution < -0.4 is 11.1 Å². The van der Waals surface area contributed by atoms with Crippen molar-refractivity contribution in [2.75, 3.05) is 6.54 Å². The minimum Gasteiger partial charge on any atom is -0.327 e. The maximum atomic E-state index is 6.06. The normalized spacial score (nSPS) is 22.8. The summed E-state index contributed by atoms with van der Waals surface area (Å²) in [5.74, 6) is 0. The lowest BCUT2D eigenvalue weighted by Gasteiger charge is -2.27. The van der Waals surface area contributed by atoms with Gasteiger partial charge in [-0.25, -0.2) is 0 Å². The highest BCUT2D eigenvalue weighted by Crippen LogP contribution is 2.34. The van der Waals surface area contributed by atoms with Crippen molar-refractivity contribution in [2.24, 2.45) is 11.1 Å². The van der Waals surface area contributed by atoms with Crippen LogP contribution in [0.3, 0.4) is 0 Å². The summed E-state index contributed by atoms with van der Waals surface area (Å²) in [6.45, 7) is 9.97. The first kappa shape index (κ1) is 11.0. The van der Waals surface area contributed by atoms with Crippen LogP contribution in [0.15, 0.2) is 0 Å². The van der Waals surface area contributed by atoms with E-state index >= 15 is 0 Å². The molecule has 1 rings (SSSR count). The summed E-state index contributed by atoms with van der Waals surface area (Å²) in [5, 5.41) is 3.56. The van der Waals surface area contributed by atoms with E-state index in [0.29, 0.717) is 11.6 Å². The second-order valence-electron chi connectivity index (χ2n) is 5.75. The molecular formula is C11H24N2. The van der Waals surface area contributed by atoms with Crippen molar-refractivity contribution < 1.29 is 0 Å². The summed E-state index contributed by atoms with van der Waals surface area (Å²) >= 11 is 0. The van der Waals surface area contributed by atoms with Crippen molar-refractivity contribution in [1.29, 1.82) is 0 Å². The Morgan fingerprint density at radius 2 is 1.92 bits per heavy atom. The van der Waals surface area contributed by atoms with Crippen LogP contribution in [0.2, 0.25) is 0 Å². The molecule has 0 aromatic rings. The average Bonchev–Trinajstić information content (AvgIpc) is 2.66. The molecule has 3 N–H and O–H groups in total. The fraction of sp³-hybridized carbons (Fsp3) is 1.00. The predicted octanol–water partition coefficient (Wildman–Crippen LogP) is 1.89. The van der Waals surface area contributed by atoms with Gasteiger partial charge >= 0.3 is 0 Å². The molecule has 0 saturated heterocycles. The fourth-order valence-electron chi connectivity index (χ4n) is 1.33. The van der Waals surface area contributed by atoms with Gasteiger partial charge in [0.25, 0.3) is 0 Å². The van der Waals surface area contributed by atoms with Gasteiger partial charge in [-0.2, -0.15) is 0 Å². The minimum atomic E-state index is 0.242. The van der Waals surface area contributed by atoms with Gasteiger partial charge in [-0.05, 0) is 38.1 Å². The monoisotopic (exact) mass is 184 g/mol. The van der Waals surface area contributed by atoms with Gasteiger partial charge in [0.15, 0.2) is 0 Å². The van der Waals surface area contributed by atoms with E-state index in [2.05, 4.69) is 33.0 Å². The van der Waals surface area contributed by atoms with Gasteiger partial charge in [-0.3, -0.25) is 0 Å². The number of nitrogens with two attached hydrogens (primary N) is 1. The highest BCUT2D eigenvalue weighted by atomic mass is 15.0. The van der Waals surface area contributed by atoms with Gasteiger partial charge in [0.2, 0.25) is 0 Å². The third-order valence-corrected chi connectivity index (χ3v) is 3.12. The molecule has 0 amide bonds. The highest BCUT2D eigenvalue weighted by molar-refractivity contribution is 4.97. The Morgan fingerprint density at radius 1 is 1.38 bits per heavy atom. The van der Waals surface area contributed by atoms with Gasteiger partial charge in [0.05, 0.1) is 0 Å². The molecule has 1 aliphatic rings. The first-order valence-corrected chi connectivity index (χ1v) is 5.34. The van der Waals surface area contributed by atoms with Crippen LogP contribution >= 0.6 is 0 Å². The fourth-order valence-corrected chi connectivity index (χ4v) is 1.33. The van der Waals surface area contributed by atoms with Crippen LogP contribution in [-0.4, -0.2) is 18.1 Å². The molecule has 0 aliphatic heterocycles. The van der Waals surface area contributed by atoms with Crippen molar-refractivity contribution in [3.8, 4) is 0 Å². The zero-order chi connectivity index (χ0) is 10.1. The lowest BCUT2D eigenvalue weighted by molar-refractivity contribution is 0.298. The number of hydrogen-bond donors (Lipinski definition) is 2. The standard InChI is InChI=1S/C11H24N2/c1-10(2,3)9(12)5-8-13-11(4)6-7-11/h9,13H,5-8,12H2,1-4H3. The molecule has 0 heterocycles. The Morgan fingerprint density at radius 3 is 2.31 bits per heavy atom. The first-order valence-electron chi connectivity index (χ1n) is 5.34. The topological polar surface area (TPSA) is 38.0 Å². The zero-order valence-corrected chi connectivity index (χ0v) is 9.48. The lowest BCUT2D eigenvalue weighted by Crippen LogP contribution is -2.39. The third kappa shape index (κ3) is 3.65. The molecule has 0 spiro atoms. The summed E-state index contributed by atoms with van der Waals surface area (Å²) < 4.78 is 0. The third-order valence-electron chi connectivity index (χ3n) is 3.12. The summed E-state index contributed by atoms with van der Waals surface area (Å²) in [4.78, 5) is 0. The Labute approximate surface area is 82.3 Å². The van der Waals surface area contributed by atoms with E-state index in [0.717, 1.165) is 13.0 Å². The summed E-state index contributed by atoms with van der Waals surface area (Å²) in [7, 11) is 0. The lowest BCUT2D eigenvalue weighted by atomic mass is 9.85. The second-order valence-corrected chi connectivity index (χ2v) is 5.75. The van der Waals surface area contributed by atoms with Gasteiger partial charge in [-0.15, -0.1) is 0 Å². The largest absolute Gasteiger partial charge is 0.327 e. The van der Waals surface area contributed by atoms with Crippen LogP contribution in [0, 0.1) is 5.41 Å². The Kier molecular flexibility index (Phi) is 3.03. The van der Waals surface area contributed by atoms with Crippen molar-refractivity contribution in [2.45, 2.75) is 58.5 Å². The van der Waals surface area contributed by atoms with Crippen LogP contribution in [0.5, 0.6) is 0 Å². The number of hydrogen-bond acceptors (Lipinski definition) is 2. The Hall–Kier alpha value is -0.0800. The molecule has 13 heavy (non-hydrogen) atoms. The quantitative estimate of drug-likeness (QED) is 0.700. The SMILES string of the molecule is CC1(NCCC(N)C(C)(C)C)CC1. The first-order chi connectivity index (χ1) is 5.83. The van der Waals surface area contributed by atoms with E-state index in [1.165, 1.54) is 12.8 Å². The summed E-state index contributed by atoms with van der Waals surface area (Å²) in [5.41, 5.74) is 6.76. The smallest absolute Gasteiger partial charge is 0.0154 e. The molecule has 1 saturated carbocycles. The summed E-state index contributed by atoms with van der Waals surface area (Å²) in [6, 6.07) is 0.308. The average molecular weight is 184 g/mol. The van der Waals surface area contributed by atoms with Gasteiger partial charge in [-0.1, -0.05) is 20.8 Å². The molecule has 1 aliphatic carbocycles. The molecule has 2 heteroatoms. The van der Waals surface area contributed by atoms with Gasteiger partial charge in [0.1, 0.15) is 0 Å². The molecule has 0 radical (unpaired) electrons. The molecular weight excluding hydrogens is 160 g/mol.